The van der Waals surface area contributed by atoms with E-state index in [9.17, 15) is 4.79 Å². The van der Waals surface area contributed by atoms with Crippen LogP contribution in [-0.2, 0) is 25.9 Å². The zero-order chi connectivity index (χ0) is 7.56. The molecule has 1 aliphatic heterocycles. The third-order valence-electron chi connectivity index (χ3n) is 1.74. The third-order valence-corrected chi connectivity index (χ3v) is 1.74. The van der Waals surface area contributed by atoms with Crippen molar-refractivity contribution in [2.45, 2.75) is 12.5 Å². The molecule has 0 aromatic carbocycles. The number of rotatable bonds is 2. The van der Waals surface area contributed by atoms with E-state index in [-0.39, 0.29) is 33.0 Å². The second-order valence-electron chi connectivity index (χ2n) is 2.39. The standard InChI is InChI=1S/C6H12N3O.W/c1-2-5-4(6(7)10)3-8-9-5;/h4-5,8-9H,1-3H2,(H2,7,10);/q-1;+2/p-1. The van der Waals surface area contributed by atoms with Crippen LogP contribution >= 0.6 is 0 Å². The minimum atomic E-state index is -0.508. The largest absolute Gasteiger partial charge is 2.00 e. The molecule has 0 saturated carbocycles. The molecule has 1 rings (SSSR count). The minimum absolute atomic E-state index is 0. The molecule has 1 heterocycles. The first-order valence-electron chi connectivity index (χ1n) is 3.28. The van der Waals surface area contributed by atoms with Crippen molar-refractivity contribution in [3.63, 3.8) is 0 Å². The van der Waals surface area contributed by atoms with Crippen LogP contribution in [0.2, 0.25) is 0 Å². The molecule has 5 heteroatoms. The molecule has 62 valence electrons. The molecule has 1 fully saturated rings. The Balaban J connectivity index is 0.000001000. The number of amides is 1. The van der Waals surface area contributed by atoms with Crippen molar-refractivity contribution in [2.75, 3.05) is 6.54 Å². The van der Waals surface area contributed by atoms with Crippen LogP contribution < -0.4 is 10.9 Å². The Kier molecular flexibility index (Phi) is 4.89. The molecular weight excluding hydrogens is 314 g/mol. The van der Waals surface area contributed by atoms with Gasteiger partial charge in [-0.15, -0.1) is 0 Å². The third kappa shape index (κ3) is 2.54. The molecule has 3 N–H and O–H groups in total. The summed E-state index contributed by atoms with van der Waals surface area (Å²) in [5, 5.41) is 0. The predicted molar refractivity (Wildman–Crippen MR) is 37.7 cm³/mol. The first-order chi connectivity index (χ1) is 4.75. The van der Waals surface area contributed by atoms with Crippen LogP contribution in [0, 0.1) is 12.8 Å². The minimum Gasteiger partial charge on any atom is -0.667 e. The topological polar surface area (TPSA) is 64.9 Å². The summed E-state index contributed by atoms with van der Waals surface area (Å²) >= 11 is 0. The maximum absolute atomic E-state index is 10.6. The van der Waals surface area contributed by atoms with Gasteiger partial charge in [0.2, 0.25) is 0 Å². The molecule has 2 unspecified atom stereocenters. The number of hydrazine groups is 1. The Hall–Kier alpha value is 0.0783. The van der Waals surface area contributed by atoms with E-state index >= 15 is 0 Å². The smallest absolute Gasteiger partial charge is 0.667 e. The van der Waals surface area contributed by atoms with E-state index in [0.717, 1.165) is 0 Å². The molecule has 1 saturated heterocycles. The van der Waals surface area contributed by atoms with Crippen molar-refractivity contribution in [3.05, 3.63) is 12.7 Å². The van der Waals surface area contributed by atoms with Gasteiger partial charge in [-0.2, -0.15) is 6.42 Å². The van der Waals surface area contributed by atoms with E-state index in [0.29, 0.717) is 13.0 Å². The maximum atomic E-state index is 10.6. The predicted octanol–water partition coefficient (Wildman–Crippen LogP) is -0.121. The van der Waals surface area contributed by atoms with Crippen LogP contribution in [0.15, 0.2) is 0 Å². The van der Waals surface area contributed by atoms with E-state index in [2.05, 4.69) is 17.8 Å². The van der Waals surface area contributed by atoms with Crippen molar-refractivity contribution in [2.24, 2.45) is 5.92 Å². The van der Waals surface area contributed by atoms with Gasteiger partial charge in [-0.1, -0.05) is 0 Å². The normalized spacial score (nSPS) is 29.5. The summed E-state index contributed by atoms with van der Waals surface area (Å²) < 4.78 is 0. The number of carbonyl (C=O) groups is 1. The molecular formula is C6H11N3OW. The van der Waals surface area contributed by atoms with Gasteiger partial charge in [-0.25, -0.2) is 0 Å². The molecule has 2 atom stereocenters. The molecule has 1 amide bonds. The molecule has 0 bridgehead atoms. The molecule has 0 aromatic heterocycles. The number of carbonyl (C=O) groups excluding carboxylic acids is 1. The zero-order valence-corrected chi connectivity index (χ0v) is 9.03. The fourth-order valence-corrected chi connectivity index (χ4v) is 1.09. The first kappa shape index (κ1) is 11.1. The molecule has 0 aromatic rings. The van der Waals surface area contributed by atoms with Gasteiger partial charge in [-0.3, -0.25) is 10.9 Å². The Morgan fingerprint density at radius 3 is 2.73 bits per heavy atom. The van der Waals surface area contributed by atoms with E-state index in [1.54, 1.807) is 0 Å². The number of hydrogen-bond acceptors (Lipinski definition) is 3. The number of nitrogens with one attached hydrogen (secondary N) is 3. The Labute approximate surface area is 80.5 Å². The number of hydrogen-bond donors (Lipinski definition) is 2. The fourth-order valence-electron chi connectivity index (χ4n) is 1.09. The molecule has 0 spiro atoms. The van der Waals surface area contributed by atoms with Crippen LogP contribution in [0.3, 0.4) is 0 Å². The summed E-state index contributed by atoms with van der Waals surface area (Å²) in [5.41, 5.74) is 12.6. The van der Waals surface area contributed by atoms with Gasteiger partial charge < -0.3 is 17.5 Å². The molecule has 0 radical (unpaired) electrons. The monoisotopic (exact) mass is 325 g/mol. The summed E-state index contributed by atoms with van der Waals surface area (Å²) in [6.45, 7) is 4.22. The Bertz CT molecular complexity index is 142. The van der Waals surface area contributed by atoms with Gasteiger partial charge >= 0.3 is 21.1 Å². The maximum Gasteiger partial charge on any atom is 2.00 e. The van der Waals surface area contributed by atoms with Crippen molar-refractivity contribution in [3.8, 4) is 0 Å². The van der Waals surface area contributed by atoms with Crippen LogP contribution in [0.25, 0.3) is 5.73 Å². The van der Waals surface area contributed by atoms with Crippen molar-refractivity contribution < 1.29 is 25.9 Å². The summed E-state index contributed by atoms with van der Waals surface area (Å²) in [7, 11) is 0. The first-order valence-corrected chi connectivity index (χ1v) is 3.28. The van der Waals surface area contributed by atoms with Crippen LogP contribution in [-0.4, -0.2) is 18.5 Å². The summed E-state index contributed by atoms with van der Waals surface area (Å²) in [6, 6.07) is 0.0463. The van der Waals surface area contributed by atoms with Gasteiger partial charge in [0.15, 0.2) is 0 Å². The summed E-state index contributed by atoms with van der Waals surface area (Å²) in [6.07, 6.45) is 0.641. The molecule has 11 heavy (non-hydrogen) atoms. The van der Waals surface area contributed by atoms with Crippen LogP contribution in [0.1, 0.15) is 6.42 Å². The van der Waals surface area contributed by atoms with Crippen LogP contribution in [0.5, 0.6) is 0 Å². The molecule has 1 aliphatic rings. The SMILES string of the molecule is [CH2-]CC1NNCC1C([NH-])=O.[W+2]. The van der Waals surface area contributed by atoms with Crippen LogP contribution in [0.4, 0.5) is 0 Å². The Morgan fingerprint density at radius 2 is 2.36 bits per heavy atom. The second kappa shape index (κ2) is 4.86. The fraction of sp³-hybridized carbons (Fsp3) is 0.667. The quantitative estimate of drug-likeness (QED) is 0.696. The van der Waals surface area contributed by atoms with E-state index in [4.69, 9.17) is 5.73 Å². The van der Waals surface area contributed by atoms with E-state index in [1.807, 2.05) is 0 Å². The second-order valence-corrected chi connectivity index (χ2v) is 2.39. The van der Waals surface area contributed by atoms with E-state index < -0.39 is 5.91 Å². The van der Waals surface area contributed by atoms with Crippen molar-refractivity contribution >= 4 is 5.91 Å². The van der Waals surface area contributed by atoms with Gasteiger partial charge in [0.1, 0.15) is 0 Å². The van der Waals surface area contributed by atoms with Crippen molar-refractivity contribution in [1.29, 1.82) is 0 Å². The average molecular weight is 325 g/mol. The summed E-state index contributed by atoms with van der Waals surface area (Å²) in [4.78, 5) is 10.6. The summed E-state index contributed by atoms with van der Waals surface area (Å²) in [5.74, 6) is -0.719. The molecule has 0 aliphatic carbocycles. The average Bonchev–Trinajstić information content (AvgIpc) is 2.33. The Morgan fingerprint density at radius 1 is 1.73 bits per heavy atom. The zero-order valence-electron chi connectivity index (χ0n) is 6.09. The van der Waals surface area contributed by atoms with E-state index in [1.165, 1.54) is 0 Å². The van der Waals surface area contributed by atoms with Gasteiger partial charge in [0.25, 0.3) is 0 Å². The van der Waals surface area contributed by atoms with Gasteiger partial charge in [-0.05, 0) is 0 Å². The molecule has 4 nitrogen and oxygen atoms in total. The van der Waals surface area contributed by atoms with Gasteiger partial charge in [0, 0.05) is 18.5 Å². The van der Waals surface area contributed by atoms with Crippen molar-refractivity contribution in [1.82, 2.24) is 10.9 Å². The van der Waals surface area contributed by atoms with Gasteiger partial charge in [0.05, 0.1) is 5.91 Å².